The summed E-state index contributed by atoms with van der Waals surface area (Å²) >= 11 is 0. The summed E-state index contributed by atoms with van der Waals surface area (Å²) in [6, 6.07) is 20.5. The number of benzene rings is 3. The molecular weight excluding hydrogens is 342 g/mol. The highest BCUT2D eigenvalue weighted by molar-refractivity contribution is 6.11. The topological polar surface area (TPSA) is 50.7 Å². The monoisotopic (exact) mass is 369 g/mol. The maximum absolute atomic E-state index is 6.39. The van der Waals surface area contributed by atoms with Gasteiger partial charge in [-0.25, -0.2) is 9.98 Å². The molecule has 3 aromatic carbocycles. The van der Waals surface area contributed by atoms with Crippen molar-refractivity contribution >= 4 is 17.4 Å². The van der Waals surface area contributed by atoms with Gasteiger partial charge in [0.1, 0.15) is 5.84 Å². The molecule has 0 aliphatic rings. The average molecular weight is 370 g/mol. The molecule has 3 aromatic rings. The van der Waals surface area contributed by atoms with E-state index in [2.05, 4.69) is 65.0 Å². The fourth-order valence-corrected chi connectivity index (χ4v) is 3.50. The minimum Gasteiger partial charge on any atom is -0.383 e. The van der Waals surface area contributed by atoms with E-state index in [-0.39, 0.29) is 0 Å². The number of hydrogen-bond donors (Lipinski definition) is 1. The van der Waals surface area contributed by atoms with Crippen molar-refractivity contribution in [3.63, 3.8) is 0 Å². The van der Waals surface area contributed by atoms with Gasteiger partial charge in [0, 0.05) is 11.1 Å². The van der Waals surface area contributed by atoms with E-state index in [4.69, 9.17) is 15.7 Å². The van der Waals surface area contributed by atoms with Crippen LogP contribution in [0.5, 0.6) is 0 Å². The van der Waals surface area contributed by atoms with Gasteiger partial charge in [-0.1, -0.05) is 65.2 Å². The maximum atomic E-state index is 6.39. The largest absolute Gasteiger partial charge is 0.383 e. The van der Waals surface area contributed by atoms with Crippen LogP contribution in [0.4, 0.5) is 5.69 Å². The van der Waals surface area contributed by atoms with Crippen LogP contribution >= 0.6 is 0 Å². The van der Waals surface area contributed by atoms with E-state index in [1.165, 1.54) is 5.56 Å². The van der Waals surface area contributed by atoms with Gasteiger partial charge in [0.2, 0.25) is 0 Å². The molecule has 0 bridgehead atoms. The Labute approximate surface area is 167 Å². The fourth-order valence-electron chi connectivity index (χ4n) is 3.50. The summed E-state index contributed by atoms with van der Waals surface area (Å²) in [4.78, 5) is 9.67. The van der Waals surface area contributed by atoms with Gasteiger partial charge in [0.05, 0.1) is 5.69 Å². The first-order valence-corrected chi connectivity index (χ1v) is 9.48. The molecule has 2 N–H and O–H groups in total. The van der Waals surface area contributed by atoms with E-state index in [9.17, 15) is 0 Å². The van der Waals surface area contributed by atoms with Crippen LogP contribution in [0.3, 0.4) is 0 Å². The fraction of sp³-hybridized carbons (Fsp3) is 0.200. The smallest absolute Gasteiger partial charge is 0.162 e. The Hall–Kier alpha value is -3.20. The number of nitrogens with zero attached hydrogens (tertiary/aromatic N) is 2. The normalized spacial score (nSPS) is 12.3. The SMILES string of the molecule is Cc1cc(C)cc(C(N)=NC(=Nc2c(C)cc(C)cc2C)c2ccccc2)c1. The van der Waals surface area contributed by atoms with Crippen LogP contribution in [0.2, 0.25) is 0 Å². The van der Waals surface area contributed by atoms with E-state index in [1.807, 2.05) is 30.3 Å². The summed E-state index contributed by atoms with van der Waals surface area (Å²) in [6.07, 6.45) is 0. The molecule has 3 nitrogen and oxygen atoms in total. The summed E-state index contributed by atoms with van der Waals surface area (Å²) in [5.74, 6) is 1.09. The van der Waals surface area contributed by atoms with E-state index < -0.39 is 0 Å². The summed E-state index contributed by atoms with van der Waals surface area (Å²) < 4.78 is 0. The Kier molecular flexibility index (Phi) is 5.74. The highest BCUT2D eigenvalue weighted by Crippen LogP contribution is 2.26. The summed E-state index contributed by atoms with van der Waals surface area (Å²) in [6.45, 7) is 10.4. The molecule has 0 saturated heterocycles. The molecule has 0 aliphatic heterocycles. The quantitative estimate of drug-likeness (QED) is 0.466. The first-order chi connectivity index (χ1) is 13.3. The van der Waals surface area contributed by atoms with Crippen molar-refractivity contribution in [1.29, 1.82) is 0 Å². The Morgan fingerprint density at radius 1 is 0.679 bits per heavy atom. The van der Waals surface area contributed by atoms with Crippen LogP contribution < -0.4 is 5.73 Å². The number of rotatable bonds is 3. The van der Waals surface area contributed by atoms with Crippen LogP contribution in [0.15, 0.2) is 70.6 Å². The second-order valence-electron chi connectivity index (χ2n) is 7.42. The molecule has 142 valence electrons. The zero-order valence-electron chi connectivity index (χ0n) is 17.2. The third-order valence-corrected chi connectivity index (χ3v) is 4.63. The van der Waals surface area contributed by atoms with Crippen LogP contribution in [0.1, 0.15) is 38.9 Å². The van der Waals surface area contributed by atoms with Crippen LogP contribution in [0, 0.1) is 34.6 Å². The molecule has 0 amide bonds. The lowest BCUT2D eigenvalue weighted by atomic mass is 10.1. The Morgan fingerprint density at radius 3 is 1.79 bits per heavy atom. The van der Waals surface area contributed by atoms with E-state index in [0.717, 1.165) is 39.1 Å². The lowest BCUT2D eigenvalue weighted by molar-refractivity contribution is 1.28. The second kappa shape index (κ2) is 8.22. The third-order valence-electron chi connectivity index (χ3n) is 4.63. The second-order valence-corrected chi connectivity index (χ2v) is 7.42. The molecule has 3 heteroatoms. The highest BCUT2D eigenvalue weighted by atomic mass is 15.0. The standard InChI is InChI=1S/C25H27N3/c1-16-11-17(2)15-22(14-16)24(26)28-25(21-9-7-6-8-10-21)27-23-19(4)12-18(3)13-20(23)5/h6-15H,1-5H3,(H2,26,27,28). The van der Waals surface area contributed by atoms with Gasteiger partial charge in [-0.3, -0.25) is 0 Å². The van der Waals surface area contributed by atoms with Gasteiger partial charge in [0.25, 0.3) is 0 Å². The van der Waals surface area contributed by atoms with Crippen molar-refractivity contribution in [2.24, 2.45) is 15.7 Å². The van der Waals surface area contributed by atoms with Crippen molar-refractivity contribution in [3.8, 4) is 0 Å². The Balaban J connectivity index is 2.16. The average Bonchev–Trinajstić information content (AvgIpc) is 2.63. The van der Waals surface area contributed by atoms with Gasteiger partial charge in [-0.15, -0.1) is 0 Å². The molecule has 0 unspecified atom stereocenters. The molecule has 0 saturated carbocycles. The number of aliphatic imine (C=N–C) groups is 2. The maximum Gasteiger partial charge on any atom is 0.162 e. The first-order valence-electron chi connectivity index (χ1n) is 9.48. The zero-order valence-corrected chi connectivity index (χ0v) is 17.2. The number of hydrogen-bond acceptors (Lipinski definition) is 1. The minimum absolute atomic E-state index is 0.469. The van der Waals surface area contributed by atoms with E-state index >= 15 is 0 Å². The number of amidine groups is 2. The Bertz CT molecular complexity index is 1020. The minimum atomic E-state index is 0.469. The third kappa shape index (κ3) is 4.55. The predicted octanol–water partition coefficient (Wildman–Crippen LogP) is 5.71. The van der Waals surface area contributed by atoms with Crippen LogP contribution in [0.25, 0.3) is 0 Å². The van der Waals surface area contributed by atoms with Crippen molar-refractivity contribution < 1.29 is 0 Å². The van der Waals surface area contributed by atoms with Gasteiger partial charge < -0.3 is 5.73 Å². The first kappa shape index (κ1) is 19.6. The van der Waals surface area contributed by atoms with Crippen LogP contribution in [-0.2, 0) is 0 Å². The van der Waals surface area contributed by atoms with E-state index in [1.54, 1.807) is 0 Å². The molecule has 0 aliphatic carbocycles. The van der Waals surface area contributed by atoms with Gasteiger partial charge in [-0.05, 0) is 57.9 Å². The van der Waals surface area contributed by atoms with Crippen molar-refractivity contribution in [2.45, 2.75) is 34.6 Å². The molecule has 28 heavy (non-hydrogen) atoms. The van der Waals surface area contributed by atoms with Crippen molar-refractivity contribution in [2.75, 3.05) is 0 Å². The van der Waals surface area contributed by atoms with E-state index in [0.29, 0.717) is 11.7 Å². The summed E-state index contributed by atoms with van der Waals surface area (Å²) in [5, 5.41) is 0. The lowest BCUT2D eigenvalue weighted by Gasteiger charge is -2.10. The molecule has 3 rings (SSSR count). The van der Waals surface area contributed by atoms with Gasteiger partial charge >= 0.3 is 0 Å². The molecule has 0 fully saturated rings. The summed E-state index contributed by atoms with van der Waals surface area (Å²) in [7, 11) is 0. The molecule has 0 atom stereocenters. The number of aryl methyl sites for hydroxylation is 5. The molecule has 0 radical (unpaired) electrons. The highest BCUT2D eigenvalue weighted by Gasteiger charge is 2.09. The zero-order chi connectivity index (χ0) is 20.3. The van der Waals surface area contributed by atoms with Gasteiger partial charge in [0.15, 0.2) is 5.84 Å². The molecule has 0 heterocycles. The van der Waals surface area contributed by atoms with Crippen molar-refractivity contribution in [1.82, 2.24) is 0 Å². The molecular formula is C25H27N3. The lowest BCUT2D eigenvalue weighted by Crippen LogP contribution is -2.16. The summed E-state index contributed by atoms with van der Waals surface area (Å²) in [5.41, 5.74) is 15.0. The number of nitrogens with two attached hydrogens (primary N) is 1. The van der Waals surface area contributed by atoms with Crippen molar-refractivity contribution in [3.05, 3.63) is 99.6 Å². The molecule has 0 spiro atoms. The van der Waals surface area contributed by atoms with Crippen LogP contribution in [-0.4, -0.2) is 11.7 Å². The van der Waals surface area contributed by atoms with Gasteiger partial charge in [-0.2, -0.15) is 0 Å². The predicted molar refractivity (Wildman–Crippen MR) is 120 cm³/mol. The Morgan fingerprint density at radius 2 is 1.21 bits per heavy atom. The molecule has 0 aromatic heterocycles.